The number of rotatable bonds is 8. The summed E-state index contributed by atoms with van der Waals surface area (Å²) in [6.07, 6.45) is 12.4. The average molecular weight is 429 g/mol. The average Bonchev–Trinajstić information content (AvgIpc) is 2.83. The fourth-order valence-corrected chi connectivity index (χ4v) is 3.06. The fraction of sp³-hybridized carbons (Fsp3) is 0.0952. The number of primary amides is 1. The summed E-state index contributed by atoms with van der Waals surface area (Å²) in [6.45, 7) is 0. The molecule has 0 aliphatic heterocycles. The van der Waals surface area contributed by atoms with Crippen LogP contribution in [-0.4, -0.2) is 42.9 Å². The van der Waals surface area contributed by atoms with Gasteiger partial charge < -0.3 is 21.1 Å². The van der Waals surface area contributed by atoms with Gasteiger partial charge in [-0.2, -0.15) is 0 Å². The Morgan fingerprint density at radius 3 is 1.47 bits per heavy atom. The van der Waals surface area contributed by atoms with Gasteiger partial charge in [-0.3, -0.25) is 14.8 Å². The molecule has 0 saturated carbocycles. The van der Waals surface area contributed by atoms with E-state index in [1.54, 1.807) is 49.1 Å². The zero-order valence-electron chi connectivity index (χ0n) is 17.0. The van der Waals surface area contributed by atoms with Crippen LogP contribution in [0.1, 0.15) is 11.1 Å². The number of nitrogens with zero attached hydrogens (tertiary/aromatic N) is 6. The van der Waals surface area contributed by atoms with Crippen molar-refractivity contribution < 1.29 is 9.53 Å². The smallest absolute Gasteiger partial charge is 0.259 e. The van der Waals surface area contributed by atoms with E-state index in [0.717, 1.165) is 11.4 Å². The Morgan fingerprint density at radius 2 is 1.16 bits per heavy atom. The highest BCUT2D eigenvalue weighted by molar-refractivity contribution is 5.88. The number of methoxy groups -OCH3 is 1. The molecule has 160 valence electrons. The van der Waals surface area contributed by atoms with E-state index in [2.05, 4.69) is 40.5 Å². The fourth-order valence-electron chi connectivity index (χ4n) is 3.06. The SMILES string of the molecule is COC(C(N)=O)(c1cnc(Nc2ccncc2)nc1)c1cnc(Nc2ccncc2)nc1. The number of pyridine rings is 2. The quantitative estimate of drug-likeness (QED) is 0.378. The van der Waals surface area contributed by atoms with Crippen molar-refractivity contribution in [1.29, 1.82) is 0 Å². The minimum atomic E-state index is -1.66. The summed E-state index contributed by atoms with van der Waals surface area (Å²) in [5.74, 6) is -0.0815. The first-order valence-corrected chi connectivity index (χ1v) is 9.46. The van der Waals surface area contributed by atoms with Crippen LogP contribution in [0.2, 0.25) is 0 Å². The van der Waals surface area contributed by atoms with Crippen molar-refractivity contribution in [2.45, 2.75) is 5.60 Å². The third-order valence-electron chi connectivity index (χ3n) is 4.64. The van der Waals surface area contributed by atoms with Gasteiger partial charge in [0.2, 0.25) is 17.5 Å². The summed E-state index contributed by atoms with van der Waals surface area (Å²) in [7, 11) is 1.37. The largest absolute Gasteiger partial charge is 0.367 e. The first-order chi connectivity index (χ1) is 15.6. The lowest BCUT2D eigenvalue weighted by molar-refractivity contribution is -0.136. The molecule has 32 heavy (non-hydrogen) atoms. The van der Waals surface area contributed by atoms with Crippen LogP contribution < -0.4 is 16.4 Å². The summed E-state index contributed by atoms with van der Waals surface area (Å²) in [4.78, 5) is 37.6. The Labute approximate surface area is 183 Å². The van der Waals surface area contributed by atoms with Crippen LogP contribution >= 0.6 is 0 Å². The summed E-state index contributed by atoms with van der Waals surface area (Å²) in [5.41, 5.74) is 6.30. The summed E-state index contributed by atoms with van der Waals surface area (Å²) in [5, 5.41) is 6.09. The van der Waals surface area contributed by atoms with E-state index in [1.807, 2.05) is 0 Å². The van der Waals surface area contributed by atoms with Gasteiger partial charge in [0.15, 0.2) is 0 Å². The van der Waals surface area contributed by atoms with E-state index in [4.69, 9.17) is 10.5 Å². The molecule has 1 amide bonds. The molecule has 4 N–H and O–H groups in total. The maximum atomic E-state index is 12.5. The van der Waals surface area contributed by atoms with E-state index in [0.29, 0.717) is 23.0 Å². The number of carbonyl (C=O) groups excluding carboxylic acids is 1. The molecule has 0 aromatic carbocycles. The second kappa shape index (κ2) is 9.10. The second-order valence-corrected chi connectivity index (χ2v) is 6.56. The predicted octanol–water partition coefficient (Wildman–Crippen LogP) is 1.92. The molecule has 0 aliphatic carbocycles. The Kier molecular flexibility index (Phi) is 5.90. The standard InChI is InChI=1S/C21H19N9O2/c1-32-21(18(22)31,14-10-25-19(26-11-14)29-16-2-6-23-7-3-16)15-12-27-20(28-13-15)30-17-4-8-24-9-5-17/h2-13H,1H3,(H2,22,31)(H,23,25,26,29)(H,24,27,28,30). The molecule has 0 atom stereocenters. The molecule has 0 aliphatic rings. The molecule has 4 heterocycles. The Hall–Kier alpha value is -4.51. The van der Waals surface area contributed by atoms with Gasteiger partial charge in [-0.15, -0.1) is 0 Å². The molecule has 0 fully saturated rings. The molecular weight excluding hydrogens is 410 g/mol. The summed E-state index contributed by atoms with van der Waals surface area (Å²) >= 11 is 0. The maximum Gasteiger partial charge on any atom is 0.259 e. The summed E-state index contributed by atoms with van der Waals surface area (Å²) in [6, 6.07) is 7.11. The number of hydrogen-bond donors (Lipinski definition) is 3. The number of amides is 1. The predicted molar refractivity (Wildman–Crippen MR) is 116 cm³/mol. The molecule has 0 spiro atoms. The van der Waals surface area contributed by atoms with Gasteiger partial charge in [-0.25, -0.2) is 19.9 Å². The van der Waals surface area contributed by atoms with Gasteiger partial charge in [-0.05, 0) is 24.3 Å². The normalized spacial score (nSPS) is 11.0. The number of nitrogens with one attached hydrogen (secondary N) is 2. The van der Waals surface area contributed by atoms with Crippen LogP contribution in [0.4, 0.5) is 23.3 Å². The van der Waals surface area contributed by atoms with Crippen molar-refractivity contribution in [2.24, 2.45) is 5.73 Å². The van der Waals surface area contributed by atoms with Crippen LogP contribution in [0.3, 0.4) is 0 Å². The molecule has 4 aromatic rings. The monoisotopic (exact) mass is 429 g/mol. The third kappa shape index (κ3) is 4.18. The van der Waals surface area contributed by atoms with Gasteiger partial charge in [0, 0.05) is 79.2 Å². The van der Waals surface area contributed by atoms with E-state index >= 15 is 0 Å². The van der Waals surface area contributed by atoms with Crippen LogP contribution in [0.25, 0.3) is 0 Å². The van der Waals surface area contributed by atoms with Gasteiger partial charge in [0.05, 0.1) is 0 Å². The molecular formula is C21H19N9O2. The minimum Gasteiger partial charge on any atom is -0.367 e. The maximum absolute atomic E-state index is 12.5. The van der Waals surface area contributed by atoms with Gasteiger partial charge in [0.1, 0.15) is 0 Å². The van der Waals surface area contributed by atoms with Crippen molar-refractivity contribution in [3.8, 4) is 0 Å². The van der Waals surface area contributed by atoms with Gasteiger partial charge in [-0.1, -0.05) is 0 Å². The molecule has 4 aromatic heterocycles. The van der Waals surface area contributed by atoms with Crippen LogP contribution in [0.15, 0.2) is 73.8 Å². The molecule has 0 unspecified atom stereocenters. The molecule has 0 saturated heterocycles. The lowest BCUT2D eigenvalue weighted by atomic mass is 9.89. The van der Waals surface area contributed by atoms with Crippen LogP contribution in [0, 0.1) is 0 Å². The van der Waals surface area contributed by atoms with E-state index in [-0.39, 0.29) is 0 Å². The second-order valence-electron chi connectivity index (χ2n) is 6.56. The molecule has 0 radical (unpaired) electrons. The van der Waals surface area contributed by atoms with Crippen molar-refractivity contribution in [2.75, 3.05) is 17.7 Å². The van der Waals surface area contributed by atoms with Crippen molar-refractivity contribution in [1.82, 2.24) is 29.9 Å². The highest BCUT2D eigenvalue weighted by atomic mass is 16.5. The number of nitrogens with two attached hydrogens (primary N) is 1. The Balaban J connectivity index is 1.61. The highest BCUT2D eigenvalue weighted by Gasteiger charge is 2.42. The summed E-state index contributed by atoms with van der Waals surface area (Å²) < 4.78 is 5.60. The van der Waals surface area contributed by atoms with Crippen molar-refractivity contribution in [3.63, 3.8) is 0 Å². The topological polar surface area (TPSA) is 154 Å². The number of anilines is 4. The number of ether oxygens (including phenoxy) is 1. The zero-order valence-corrected chi connectivity index (χ0v) is 17.0. The molecule has 11 nitrogen and oxygen atoms in total. The first kappa shape index (κ1) is 20.8. The van der Waals surface area contributed by atoms with E-state index in [1.165, 1.54) is 31.9 Å². The van der Waals surface area contributed by atoms with Crippen molar-refractivity contribution in [3.05, 3.63) is 85.0 Å². The Bertz CT molecular complexity index is 1090. The lowest BCUT2D eigenvalue weighted by Crippen LogP contribution is -2.44. The Morgan fingerprint density at radius 1 is 0.781 bits per heavy atom. The van der Waals surface area contributed by atoms with Crippen LogP contribution in [0.5, 0.6) is 0 Å². The minimum absolute atomic E-state index is 0.336. The van der Waals surface area contributed by atoms with E-state index < -0.39 is 11.5 Å². The van der Waals surface area contributed by atoms with Crippen molar-refractivity contribution >= 4 is 29.2 Å². The number of carbonyl (C=O) groups is 1. The highest BCUT2D eigenvalue weighted by Crippen LogP contribution is 2.32. The van der Waals surface area contributed by atoms with Gasteiger partial charge >= 0.3 is 0 Å². The third-order valence-corrected chi connectivity index (χ3v) is 4.64. The van der Waals surface area contributed by atoms with Gasteiger partial charge in [0.25, 0.3) is 5.91 Å². The zero-order chi connectivity index (χ0) is 22.4. The number of aromatic nitrogens is 6. The lowest BCUT2D eigenvalue weighted by Gasteiger charge is -2.29. The molecule has 11 heteroatoms. The number of hydrogen-bond acceptors (Lipinski definition) is 10. The van der Waals surface area contributed by atoms with Crippen LogP contribution in [-0.2, 0) is 15.1 Å². The first-order valence-electron chi connectivity index (χ1n) is 9.46. The molecule has 4 rings (SSSR count). The van der Waals surface area contributed by atoms with E-state index in [9.17, 15) is 4.79 Å². The molecule has 0 bridgehead atoms.